The molecule has 1 heterocycles. The molecule has 0 radical (unpaired) electrons. The van der Waals surface area contributed by atoms with E-state index in [1.807, 2.05) is 0 Å². The van der Waals surface area contributed by atoms with Crippen LogP contribution in [0.3, 0.4) is 0 Å². The molecule has 1 saturated carbocycles. The van der Waals surface area contributed by atoms with Gasteiger partial charge in [0.15, 0.2) is 0 Å². The van der Waals surface area contributed by atoms with Crippen LogP contribution in [0.1, 0.15) is 12.8 Å². The average molecular weight is 171 g/mol. The van der Waals surface area contributed by atoms with E-state index in [-0.39, 0.29) is 6.10 Å². The number of aliphatic hydroxyl groups excluding tert-OH is 1. The van der Waals surface area contributed by atoms with Gasteiger partial charge in [-0.15, -0.1) is 0 Å². The van der Waals surface area contributed by atoms with Crippen LogP contribution in [0.2, 0.25) is 0 Å². The van der Waals surface area contributed by atoms with E-state index in [0.29, 0.717) is 12.0 Å². The van der Waals surface area contributed by atoms with Gasteiger partial charge in [0.05, 0.1) is 12.7 Å². The molecule has 1 aliphatic heterocycles. The number of ether oxygens (including phenoxy) is 1. The minimum atomic E-state index is -0.0196. The first-order valence-corrected chi connectivity index (χ1v) is 4.72. The Labute approximate surface area is 73.3 Å². The Hall–Kier alpha value is -0.120. The number of fused-ring (bicyclic) bond motifs is 2. The number of hydrogen-bond donors (Lipinski definition) is 1. The second-order valence-corrected chi connectivity index (χ2v) is 3.94. The molecule has 12 heavy (non-hydrogen) atoms. The number of likely N-dealkylation sites (tertiary alicyclic amines) is 1. The fourth-order valence-electron chi connectivity index (χ4n) is 2.50. The van der Waals surface area contributed by atoms with Crippen LogP contribution in [-0.4, -0.2) is 49.0 Å². The van der Waals surface area contributed by atoms with Crippen LogP contribution in [0.5, 0.6) is 0 Å². The summed E-state index contributed by atoms with van der Waals surface area (Å²) in [5.74, 6) is 0.548. The van der Waals surface area contributed by atoms with E-state index >= 15 is 0 Å². The van der Waals surface area contributed by atoms with Crippen molar-refractivity contribution in [3.05, 3.63) is 0 Å². The summed E-state index contributed by atoms with van der Waals surface area (Å²) in [4.78, 5) is 2.45. The average Bonchev–Trinajstić information content (AvgIpc) is 2.58. The van der Waals surface area contributed by atoms with Gasteiger partial charge in [-0.05, 0) is 18.8 Å². The van der Waals surface area contributed by atoms with Crippen LogP contribution in [0.15, 0.2) is 0 Å². The quantitative estimate of drug-likeness (QED) is 0.653. The second-order valence-electron chi connectivity index (χ2n) is 3.94. The molecule has 2 fully saturated rings. The molecule has 0 aromatic rings. The van der Waals surface area contributed by atoms with Crippen LogP contribution in [-0.2, 0) is 4.74 Å². The molecular formula is C9H17NO2. The van der Waals surface area contributed by atoms with Crippen molar-refractivity contribution in [2.24, 2.45) is 5.92 Å². The number of nitrogens with zero attached hydrogens (tertiary/aromatic N) is 1. The van der Waals surface area contributed by atoms with Gasteiger partial charge in [0.1, 0.15) is 0 Å². The van der Waals surface area contributed by atoms with E-state index in [9.17, 15) is 5.11 Å². The minimum absolute atomic E-state index is 0.0196. The van der Waals surface area contributed by atoms with Gasteiger partial charge in [0.25, 0.3) is 0 Å². The SMILES string of the molecule is COCCN1CC2CC1CC2O. The van der Waals surface area contributed by atoms with Crippen molar-refractivity contribution in [1.29, 1.82) is 0 Å². The van der Waals surface area contributed by atoms with Gasteiger partial charge < -0.3 is 9.84 Å². The summed E-state index contributed by atoms with van der Waals surface area (Å²) < 4.78 is 5.03. The van der Waals surface area contributed by atoms with E-state index in [1.165, 1.54) is 6.42 Å². The van der Waals surface area contributed by atoms with E-state index in [1.54, 1.807) is 7.11 Å². The number of rotatable bonds is 3. The molecule has 0 amide bonds. The molecule has 3 atom stereocenters. The lowest BCUT2D eigenvalue weighted by Crippen LogP contribution is -2.39. The fraction of sp³-hybridized carbons (Fsp3) is 1.00. The third-order valence-corrected chi connectivity index (χ3v) is 3.20. The summed E-state index contributed by atoms with van der Waals surface area (Å²) in [5.41, 5.74) is 0. The smallest absolute Gasteiger partial charge is 0.0596 e. The van der Waals surface area contributed by atoms with E-state index < -0.39 is 0 Å². The first kappa shape index (κ1) is 8.48. The molecule has 1 saturated heterocycles. The predicted octanol–water partition coefficient (Wildman–Crippen LogP) is 0.0879. The fourth-order valence-corrected chi connectivity index (χ4v) is 2.50. The lowest BCUT2D eigenvalue weighted by atomic mass is 10.1. The van der Waals surface area contributed by atoms with Gasteiger partial charge in [0, 0.05) is 26.2 Å². The van der Waals surface area contributed by atoms with Crippen LogP contribution >= 0.6 is 0 Å². The number of aliphatic hydroxyl groups is 1. The second kappa shape index (κ2) is 3.32. The number of methoxy groups -OCH3 is 1. The van der Waals surface area contributed by atoms with E-state index in [4.69, 9.17) is 4.74 Å². The Kier molecular flexibility index (Phi) is 2.35. The van der Waals surface area contributed by atoms with Crippen LogP contribution in [0, 0.1) is 5.92 Å². The van der Waals surface area contributed by atoms with Crippen molar-refractivity contribution in [1.82, 2.24) is 4.90 Å². The maximum atomic E-state index is 9.50. The van der Waals surface area contributed by atoms with Crippen LogP contribution in [0.25, 0.3) is 0 Å². The van der Waals surface area contributed by atoms with Gasteiger partial charge in [0.2, 0.25) is 0 Å². The topological polar surface area (TPSA) is 32.7 Å². The lowest BCUT2D eigenvalue weighted by Gasteiger charge is -2.28. The summed E-state index contributed by atoms with van der Waals surface area (Å²) in [6.07, 6.45) is 2.16. The summed E-state index contributed by atoms with van der Waals surface area (Å²) in [6, 6.07) is 0.639. The predicted molar refractivity (Wildman–Crippen MR) is 46.0 cm³/mol. The van der Waals surface area contributed by atoms with Crippen molar-refractivity contribution < 1.29 is 9.84 Å². The van der Waals surface area contributed by atoms with Crippen LogP contribution < -0.4 is 0 Å². The zero-order chi connectivity index (χ0) is 8.55. The maximum absolute atomic E-state index is 9.50. The molecule has 2 bridgehead atoms. The number of piperidine rings is 1. The third kappa shape index (κ3) is 1.37. The molecule has 1 N–H and O–H groups in total. The molecular weight excluding hydrogens is 154 g/mol. The third-order valence-electron chi connectivity index (χ3n) is 3.20. The monoisotopic (exact) mass is 171 g/mol. The summed E-state index contributed by atoms with van der Waals surface area (Å²) in [5, 5.41) is 9.50. The van der Waals surface area contributed by atoms with Crippen molar-refractivity contribution >= 4 is 0 Å². The molecule has 2 rings (SSSR count). The molecule has 3 unspecified atom stereocenters. The first-order chi connectivity index (χ1) is 5.81. The lowest BCUT2D eigenvalue weighted by molar-refractivity contribution is 0.0601. The summed E-state index contributed by atoms with van der Waals surface area (Å²) in [7, 11) is 1.74. The van der Waals surface area contributed by atoms with Crippen LogP contribution in [0.4, 0.5) is 0 Å². The van der Waals surface area contributed by atoms with Crippen molar-refractivity contribution in [3.8, 4) is 0 Å². The standard InChI is InChI=1S/C9H17NO2/c1-12-3-2-10-6-7-4-8(10)5-9(7)11/h7-9,11H,2-6H2,1H3. The first-order valence-electron chi connectivity index (χ1n) is 4.72. The largest absolute Gasteiger partial charge is 0.393 e. The van der Waals surface area contributed by atoms with Crippen molar-refractivity contribution in [2.75, 3.05) is 26.8 Å². The molecule has 0 spiro atoms. The Bertz CT molecular complexity index is 161. The van der Waals surface area contributed by atoms with Gasteiger partial charge in [-0.25, -0.2) is 0 Å². The molecule has 3 heteroatoms. The Balaban J connectivity index is 1.82. The highest BCUT2D eigenvalue weighted by Gasteiger charge is 2.43. The Morgan fingerprint density at radius 2 is 2.33 bits per heavy atom. The van der Waals surface area contributed by atoms with E-state index in [2.05, 4.69) is 4.90 Å². The highest BCUT2D eigenvalue weighted by Crippen LogP contribution is 2.37. The summed E-state index contributed by atoms with van der Waals surface area (Å²) >= 11 is 0. The molecule has 0 aromatic heterocycles. The van der Waals surface area contributed by atoms with Gasteiger partial charge in [-0.1, -0.05) is 0 Å². The zero-order valence-corrected chi connectivity index (χ0v) is 7.57. The van der Waals surface area contributed by atoms with Gasteiger partial charge in [-0.3, -0.25) is 4.90 Å². The highest BCUT2D eigenvalue weighted by molar-refractivity contribution is 4.97. The number of hydrogen-bond acceptors (Lipinski definition) is 3. The zero-order valence-electron chi connectivity index (χ0n) is 7.57. The maximum Gasteiger partial charge on any atom is 0.0596 e. The van der Waals surface area contributed by atoms with Gasteiger partial charge >= 0.3 is 0 Å². The van der Waals surface area contributed by atoms with Crippen molar-refractivity contribution in [2.45, 2.75) is 25.0 Å². The molecule has 3 nitrogen and oxygen atoms in total. The normalized spacial score (nSPS) is 41.0. The molecule has 70 valence electrons. The Morgan fingerprint density at radius 1 is 1.50 bits per heavy atom. The summed E-state index contributed by atoms with van der Waals surface area (Å²) in [6.45, 7) is 2.93. The Morgan fingerprint density at radius 3 is 2.83 bits per heavy atom. The molecule has 1 aliphatic carbocycles. The highest BCUT2D eigenvalue weighted by atomic mass is 16.5. The van der Waals surface area contributed by atoms with Gasteiger partial charge in [-0.2, -0.15) is 0 Å². The molecule has 0 aromatic carbocycles. The van der Waals surface area contributed by atoms with E-state index in [0.717, 1.165) is 26.1 Å². The molecule has 2 aliphatic rings. The van der Waals surface area contributed by atoms with Crippen molar-refractivity contribution in [3.63, 3.8) is 0 Å². The minimum Gasteiger partial charge on any atom is -0.393 e.